The molecule has 0 spiro atoms. The van der Waals surface area contributed by atoms with Crippen LogP contribution in [0.1, 0.15) is 0 Å². The minimum atomic E-state index is -0.248. The van der Waals surface area contributed by atoms with Gasteiger partial charge in [0, 0.05) is 32.2 Å². The minimum absolute atomic E-state index is 0.248. The third-order valence-electron chi connectivity index (χ3n) is 9.78. The number of halogens is 1. The van der Waals surface area contributed by atoms with Crippen LogP contribution in [0.3, 0.4) is 0 Å². The molecule has 4 heteroatoms. The fourth-order valence-corrected chi connectivity index (χ4v) is 8.55. The molecule has 2 heterocycles. The molecule has 50 heavy (non-hydrogen) atoms. The maximum absolute atomic E-state index is 16.6. The fourth-order valence-electron chi connectivity index (χ4n) is 7.45. The van der Waals surface area contributed by atoms with Crippen molar-refractivity contribution in [2.24, 2.45) is 0 Å². The molecule has 0 radical (unpaired) electrons. The molecule has 0 unspecified atom stereocenters. The van der Waals surface area contributed by atoms with Gasteiger partial charge in [0.1, 0.15) is 10.6 Å². The monoisotopic (exact) mass is 658 g/mol. The van der Waals surface area contributed by atoms with E-state index in [2.05, 4.69) is 103 Å². The van der Waals surface area contributed by atoms with Crippen LogP contribution in [0.15, 0.2) is 164 Å². The molecule has 8 aromatic carbocycles. The molecular formula is C46H27FN2S. The summed E-state index contributed by atoms with van der Waals surface area (Å²) in [5.74, 6) is 0.418. The highest BCUT2D eigenvalue weighted by Crippen LogP contribution is 2.46. The van der Waals surface area contributed by atoms with Crippen LogP contribution in [0, 0.1) is 5.82 Å². The largest absolute Gasteiger partial charge is 0.227 e. The summed E-state index contributed by atoms with van der Waals surface area (Å²) in [5.41, 5.74) is 6.50. The molecule has 10 rings (SSSR count). The van der Waals surface area contributed by atoms with Gasteiger partial charge in [0.05, 0.1) is 5.69 Å². The molecular weight excluding hydrogens is 632 g/mol. The zero-order valence-corrected chi connectivity index (χ0v) is 27.6. The van der Waals surface area contributed by atoms with E-state index in [0.29, 0.717) is 11.4 Å². The van der Waals surface area contributed by atoms with Gasteiger partial charge in [0.15, 0.2) is 5.82 Å². The Kier molecular flexibility index (Phi) is 6.58. The average Bonchev–Trinajstić information content (AvgIpc) is 3.57. The van der Waals surface area contributed by atoms with Crippen molar-refractivity contribution in [1.82, 2.24) is 9.97 Å². The van der Waals surface area contributed by atoms with E-state index in [9.17, 15) is 0 Å². The number of nitrogens with zero attached hydrogens (tertiary/aromatic N) is 2. The highest BCUT2D eigenvalue weighted by atomic mass is 32.1. The lowest BCUT2D eigenvalue weighted by Crippen LogP contribution is -1.94. The van der Waals surface area contributed by atoms with E-state index in [4.69, 9.17) is 9.97 Å². The first-order valence-electron chi connectivity index (χ1n) is 16.7. The van der Waals surface area contributed by atoms with Crippen molar-refractivity contribution in [1.29, 1.82) is 0 Å². The van der Waals surface area contributed by atoms with Gasteiger partial charge in [-0.05, 0) is 67.2 Å². The summed E-state index contributed by atoms with van der Waals surface area (Å²) in [6, 6.07) is 55.7. The summed E-state index contributed by atoms with van der Waals surface area (Å²) < 4.78 is 17.6. The quantitative estimate of drug-likeness (QED) is 0.176. The lowest BCUT2D eigenvalue weighted by molar-refractivity contribution is 0.633. The predicted octanol–water partition coefficient (Wildman–Crippen LogP) is 13.1. The highest BCUT2D eigenvalue weighted by Gasteiger charge is 2.22. The number of aromatic nitrogens is 2. The zero-order chi connectivity index (χ0) is 33.2. The van der Waals surface area contributed by atoms with Crippen LogP contribution in [0.4, 0.5) is 4.39 Å². The number of rotatable bonds is 4. The van der Waals surface area contributed by atoms with Crippen LogP contribution in [-0.2, 0) is 0 Å². The fraction of sp³-hybridized carbons (Fsp3) is 0. The Morgan fingerprint density at radius 3 is 1.60 bits per heavy atom. The summed E-state index contributed by atoms with van der Waals surface area (Å²) >= 11 is 1.63. The van der Waals surface area contributed by atoms with E-state index in [1.54, 1.807) is 17.4 Å². The molecule has 0 aliphatic carbocycles. The third kappa shape index (κ3) is 4.53. The summed E-state index contributed by atoms with van der Waals surface area (Å²) in [6.45, 7) is 0. The molecule has 0 atom stereocenters. The Hall–Kier alpha value is -6.23. The average molecular weight is 659 g/mol. The normalized spacial score (nSPS) is 11.7. The Morgan fingerprint density at radius 2 is 0.940 bits per heavy atom. The van der Waals surface area contributed by atoms with Crippen LogP contribution >= 0.6 is 11.3 Å². The van der Waals surface area contributed by atoms with Crippen molar-refractivity contribution in [3.05, 3.63) is 170 Å². The van der Waals surface area contributed by atoms with Crippen molar-refractivity contribution in [3.63, 3.8) is 0 Å². The second kappa shape index (κ2) is 11.4. The second-order valence-electron chi connectivity index (χ2n) is 12.6. The van der Waals surface area contributed by atoms with Crippen molar-refractivity contribution >= 4 is 64.0 Å². The van der Waals surface area contributed by atoms with Gasteiger partial charge in [0.25, 0.3) is 0 Å². The van der Waals surface area contributed by atoms with Gasteiger partial charge >= 0.3 is 0 Å². The van der Waals surface area contributed by atoms with Gasteiger partial charge in [-0.3, -0.25) is 0 Å². The minimum Gasteiger partial charge on any atom is -0.227 e. The molecule has 2 aromatic heterocycles. The van der Waals surface area contributed by atoms with E-state index < -0.39 is 0 Å². The zero-order valence-electron chi connectivity index (χ0n) is 26.8. The number of thiophene rings is 1. The summed E-state index contributed by atoms with van der Waals surface area (Å²) in [6.07, 6.45) is 0. The molecule has 2 nitrogen and oxygen atoms in total. The topological polar surface area (TPSA) is 25.8 Å². The first-order valence-corrected chi connectivity index (χ1v) is 17.5. The molecule has 0 N–H and O–H groups in total. The van der Waals surface area contributed by atoms with Crippen LogP contribution in [-0.4, -0.2) is 9.97 Å². The van der Waals surface area contributed by atoms with E-state index >= 15 is 4.39 Å². The SMILES string of the molecule is Fc1cc2c3ccccc3c3ccccc3c2cc1-c1cccc2sc3nc(-c4ccc(-c5ccccc5)cc4)nc(-c4ccccc4)c3c12. The highest BCUT2D eigenvalue weighted by molar-refractivity contribution is 7.25. The van der Waals surface area contributed by atoms with Gasteiger partial charge in [-0.25, -0.2) is 14.4 Å². The van der Waals surface area contributed by atoms with E-state index in [1.807, 2.05) is 54.6 Å². The van der Waals surface area contributed by atoms with E-state index in [0.717, 1.165) is 80.6 Å². The summed E-state index contributed by atoms with van der Waals surface area (Å²) in [5, 5.41) is 8.32. The summed E-state index contributed by atoms with van der Waals surface area (Å²) in [4.78, 5) is 11.3. The molecule has 0 aliphatic heterocycles. The lowest BCUT2D eigenvalue weighted by atomic mass is 9.90. The van der Waals surface area contributed by atoms with Crippen LogP contribution < -0.4 is 0 Å². The van der Waals surface area contributed by atoms with Crippen molar-refractivity contribution in [3.8, 4) is 44.9 Å². The maximum Gasteiger partial charge on any atom is 0.161 e. The second-order valence-corrected chi connectivity index (χ2v) is 13.7. The summed E-state index contributed by atoms with van der Waals surface area (Å²) in [7, 11) is 0. The van der Waals surface area contributed by atoms with Crippen LogP contribution in [0.25, 0.3) is 97.5 Å². The first-order chi connectivity index (χ1) is 24.7. The van der Waals surface area contributed by atoms with Gasteiger partial charge in [-0.2, -0.15) is 0 Å². The maximum atomic E-state index is 16.6. The number of hydrogen-bond donors (Lipinski definition) is 0. The van der Waals surface area contributed by atoms with Crippen LogP contribution in [0.5, 0.6) is 0 Å². The molecule has 10 aromatic rings. The van der Waals surface area contributed by atoms with Crippen molar-refractivity contribution < 1.29 is 4.39 Å². The standard InChI is InChI=1S/C46H27FN2S/c47-40-27-38-35-19-10-8-17-33(35)32-16-7-9-18-34(32)37(38)26-39(40)36-20-11-21-41-42(36)43-44(30-14-5-2-6-15-30)48-45(49-46(43)50-41)31-24-22-29(23-25-31)28-12-3-1-4-13-28/h1-27H. The predicted molar refractivity (Wildman–Crippen MR) is 209 cm³/mol. The number of fused-ring (bicyclic) bond motifs is 9. The van der Waals surface area contributed by atoms with Gasteiger partial charge in [-0.1, -0.05) is 146 Å². The molecule has 0 bridgehead atoms. The third-order valence-corrected chi connectivity index (χ3v) is 10.8. The molecule has 234 valence electrons. The molecule has 0 saturated heterocycles. The Labute approximate surface area is 291 Å². The van der Waals surface area contributed by atoms with Crippen molar-refractivity contribution in [2.45, 2.75) is 0 Å². The molecule has 0 saturated carbocycles. The smallest absolute Gasteiger partial charge is 0.161 e. The Morgan fingerprint density at radius 1 is 0.400 bits per heavy atom. The van der Waals surface area contributed by atoms with Crippen molar-refractivity contribution in [2.75, 3.05) is 0 Å². The molecule has 0 aliphatic rings. The first kappa shape index (κ1) is 28.8. The number of hydrogen-bond acceptors (Lipinski definition) is 3. The van der Waals surface area contributed by atoms with Gasteiger partial charge in [-0.15, -0.1) is 11.3 Å². The van der Waals surface area contributed by atoms with E-state index in [1.165, 1.54) is 5.56 Å². The molecule has 0 amide bonds. The Bertz CT molecular complexity index is 2910. The van der Waals surface area contributed by atoms with Gasteiger partial charge < -0.3 is 0 Å². The molecule has 0 fully saturated rings. The lowest BCUT2D eigenvalue weighted by Gasteiger charge is -2.14. The van der Waals surface area contributed by atoms with Gasteiger partial charge in [0.2, 0.25) is 0 Å². The number of benzene rings is 8. The van der Waals surface area contributed by atoms with E-state index in [-0.39, 0.29) is 5.82 Å². The van der Waals surface area contributed by atoms with Crippen LogP contribution in [0.2, 0.25) is 0 Å². The Balaban J connectivity index is 1.23.